The second kappa shape index (κ2) is 4.87. The van der Waals surface area contributed by atoms with Gasteiger partial charge in [-0.05, 0) is 28.1 Å². The van der Waals surface area contributed by atoms with E-state index in [9.17, 15) is 0 Å². The van der Waals surface area contributed by atoms with Gasteiger partial charge in [0, 0.05) is 25.0 Å². The van der Waals surface area contributed by atoms with Crippen molar-refractivity contribution in [1.82, 2.24) is 15.8 Å². The van der Waals surface area contributed by atoms with Crippen LogP contribution in [0.1, 0.15) is 11.7 Å². The smallest absolute Gasteiger partial charge is 0.185 e. The number of piperazine rings is 1. The summed E-state index contributed by atoms with van der Waals surface area (Å²) in [6.45, 7) is 2.80. The molecule has 1 aliphatic rings. The highest BCUT2D eigenvalue weighted by molar-refractivity contribution is 9.10. The average molecular weight is 312 g/mol. The van der Waals surface area contributed by atoms with Crippen molar-refractivity contribution in [3.8, 4) is 5.75 Å². The molecule has 18 heavy (non-hydrogen) atoms. The lowest BCUT2D eigenvalue weighted by Gasteiger charge is -2.22. The summed E-state index contributed by atoms with van der Waals surface area (Å²) in [5.41, 5.74) is 1.68. The fraction of sp³-hybridized carbons (Fsp3) is 0.417. The number of hydrogen-bond donors (Lipinski definition) is 2. The molecule has 1 atom stereocenters. The van der Waals surface area contributed by atoms with Crippen LogP contribution >= 0.6 is 15.9 Å². The van der Waals surface area contributed by atoms with E-state index in [-0.39, 0.29) is 6.04 Å². The predicted molar refractivity (Wildman–Crippen MR) is 71.9 cm³/mol. The van der Waals surface area contributed by atoms with Gasteiger partial charge in [0.1, 0.15) is 15.9 Å². The van der Waals surface area contributed by atoms with Crippen LogP contribution in [-0.2, 0) is 0 Å². The first-order valence-corrected chi connectivity index (χ1v) is 6.66. The second-order valence-corrected chi connectivity index (χ2v) is 5.03. The van der Waals surface area contributed by atoms with Crippen LogP contribution in [0.4, 0.5) is 0 Å². The maximum Gasteiger partial charge on any atom is 0.185 e. The number of fused-ring (bicyclic) bond motifs is 1. The Hall–Kier alpha value is -1.11. The Morgan fingerprint density at radius 2 is 2.33 bits per heavy atom. The Morgan fingerprint density at radius 1 is 1.44 bits per heavy atom. The minimum atomic E-state index is 0.195. The monoisotopic (exact) mass is 311 g/mol. The van der Waals surface area contributed by atoms with Crippen molar-refractivity contribution >= 4 is 26.9 Å². The van der Waals surface area contributed by atoms with Gasteiger partial charge in [0.15, 0.2) is 5.58 Å². The maximum absolute atomic E-state index is 5.43. The second-order valence-electron chi connectivity index (χ2n) is 4.24. The zero-order chi connectivity index (χ0) is 12.5. The number of hydrogen-bond acceptors (Lipinski definition) is 5. The van der Waals surface area contributed by atoms with E-state index in [1.165, 1.54) is 0 Å². The molecule has 1 unspecified atom stereocenters. The van der Waals surface area contributed by atoms with Crippen LogP contribution in [0.5, 0.6) is 5.75 Å². The highest BCUT2D eigenvalue weighted by atomic mass is 79.9. The predicted octanol–water partition coefficient (Wildman–Crippen LogP) is 1.83. The van der Waals surface area contributed by atoms with Gasteiger partial charge in [-0.3, -0.25) is 0 Å². The van der Waals surface area contributed by atoms with Gasteiger partial charge in [-0.1, -0.05) is 5.16 Å². The van der Waals surface area contributed by atoms with Crippen LogP contribution in [0.3, 0.4) is 0 Å². The molecular weight excluding hydrogens is 298 g/mol. The van der Waals surface area contributed by atoms with Crippen LogP contribution in [-0.4, -0.2) is 31.9 Å². The van der Waals surface area contributed by atoms with E-state index in [4.69, 9.17) is 9.26 Å². The molecule has 1 aromatic carbocycles. The first-order valence-electron chi connectivity index (χ1n) is 5.87. The van der Waals surface area contributed by atoms with Crippen LogP contribution in [0.2, 0.25) is 0 Å². The molecule has 1 fully saturated rings. The Morgan fingerprint density at radius 3 is 3.06 bits per heavy atom. The number of ether oxygens (including phenoxy) is 1. The SMILES string of the molecule is COc1ccc2c(C3CNCCN3)noc2c1Br. The van der Waals surface area contributed by atoms with Gasteiger partial charge in [-0.2, -0.15) is 0 Å². The van der Waals surface area contributed by atoms with Crippen LogP contribution < -0.4 is 15.4 Å². The summed E-state index contributed by atoms with van der Waals surface area (Å²) in [4.78, 5) is 0. The molecule has 1 aromatic heterocycles. The van der Waals surface area contributed by atoms with Crippen molar-refractivity contribution in [1.29, 1.82) is 0 Å². The zero-order valence-corrected chi connectivity index (χ0v) is 11.6. The zero-order valence-electron chi connectivity index (χ0n) is 10.00. The lowest BCUT2D eigenvalue weighted by Crippen LogP contribution is -2.42. The standard InChI is InChI=1S/C12H14BrN3O2/c1-17-9-3-2-7-11(8-6-14-4-5-15-8)16-18-12(7)10(9)13/h2-3,8,14-15H,4-6H2,1H3. The number of methoxy groups -OCH3 is 1. The van der Waals surface area contributed by atoms with Crippen LogP contribution in [0.15, 0.2) is 21.1 Å². The minimum absolute atomic E-state index is 0.195. The van der Waals surface area contributed by atoms with Crippen molar-refractivity contribution in [3.05, 3.63) is 22.3 Å². The average Bonchev–Trinajstić information content (AvgIpc) is 2.85. The molecule has 96 valence electrons. The highest BCUT2D eigenvalue weighted by Crippen LogP contribution is 2.35. The number of halogens is 1. The van der Waals surface area contributed by atoms with Crippen molar-refractivity contribution in [2.24, 2.45) is 0 Å². The van der Waals surface area contributed by atoms with E-state index in [2.05, 4.69) is 31.7 Å². The van der Waals surface area contributed by atoms with E-state index in [0.717, 1.165) is 46.5 Å². The molecule has 6 heteroatoms. The van der Waals surface area contributed by atoms with Gasteiger partial charge in [0.2, 0.25) is 0 Å². The topological polar surface area (TPSA) is 59.3 Å². The molecule has 5 nitrogen and oxygen atoms in total. The van der Waals surface area contributed by atoms with Crippen molar-refractivity contribution in [2.75, 3.05) is 26.7 Å². The number of rotatable bonds is 2. The van der Waals surface area contributed by atoms with Crippen molar-refractivity contribution in [2.45, 2.75) is 6.04 Å². The fourth-order valence-electron chi connectivity index (χ4n) is 2.23. The number of benzene rings is 1. The molecule has 1 saturated heterocycles. The lowest BCUT2D eigenvalue weighted by atomic mass is 10.1. The Bertz CT molecular complexity index is 564. The third-order valence-corrected chi connectivity index (χ3v) is 3.91. The summed E-state index contributed by atoms with van der Waals surface area (Å²) in [6.07, 6.45) is 0. The highest BCUT2D eigenvalue weighted by Gasteiger charge is 2.22. The third-order valence-electron chi connectivity index (χ3n) is 3.16. The van der Waals surface area contributed by atoms with Gasteiger partial charge in [0.05, 0.1) is 13.2 Å². The summed E-state index contributed by atoms with van der Waals surface area (Å²) in [5.74, 6) is 0.750. The summed E-state index contributed by atoms with van der Waals surface area (Å²) in [7, 11) is 1.63. The van der Waals surface area contributed by atoms with E-state index >= 15 is 0 Å². The minimum Gasteiger partial charge on any atom is -0.495 e. The molecule has 0 amide bonds. The van der Waals surface area contributed by atoms with Gasteiger partial charge < -0.3 is 19.9 Å². The molecule has 0 spiro atoms. The third kappa shape index (κ3) is 1.90. The normalized spacial score (nSPS) is 20.2. The summed E-state index contributed by atoms with van der Waals surface area (Å²) in [6, 6.07) is 4.10. The molecule has 0 saturated carbocycles. The molecule has 2 N–H and O–H groups in total. The lowest BCUT2D eigenvalue weighted by molar-refractivity contribution is 0.385. The summed E-state index contributed by atoms with van der Waals surface area (Å²) >= 11 is 3.48. The fourth-order valence-corrected chi connectivity index (χ4v) is 2.81. The molecule has 2 heterocycles. The number of nitrogens with one attached hydrogen (secondary N) is 2. The molecule has 0 aliphatic carbocycles. The maximum atomic E-state index is 5.43. The van der Waals surface area contributed by atoms with Gasteiger partial charge >= 0.3 is 0 Å². The molecular formula is C12H14BrN3O2. The van der Waals surface area contributed by atoms with E-state index in [1.807, 2.05) is 12.1 Å². The largest absolute Gasteiger partial charge is 0.495 e. The first kappa shape index (κ1) is 12.0. The molecule has 0 bridgehead atoms. The van der Waals surface area contributed by atoms with Gasteiger partial charge in [-0.15, -0.1) is 0 Å². The Kier molecular flexibility index (Phi) is 3.23. The van der Waals surface area contributed by atoms with E-state index in [1.54, 1.807) is 7.11 Å². The summed E-state index contributed by atoms with van der Waals surface area (Å²) in [5, 5.41) is 12.0. The van der Waals surface area contributed by atoms with Crippen LogP contribution in [0.25, 0.3) is 11.0 Å². The summed E-state index contributed by atoms with van der Waals surface area (Å²) < 4.78 is 11.5. The van der Waals surface area contributed by atoms with Crippen molar-refractivity contribution < 1.29 is 9.26 Å². The quantitative estimate of drug-likeness (QED) is 0.886. The van der Waals surface area contributed by atoms with Gasteiger partial charge in [0.25, 0.3) is 0 Å². The van der Waals surface area contributed by atoms with Crippen LogP contribution in [0, 0.1) is 0 Å². The first-order chi connectivity index (χ1) is 8.81. The van der Waals surface area contributed by atoms with Crippen molar-refractivity contribution in [3.63, 3.8) is 0 Å². The Labute approximate surface area is 113 Å². The molecule has 2 aromatic rings. The number of aromatic nitrogens is 1. The molecule has 1 aliphatic heterocycles. The molecule has 0 radical (unpaired) electrons. The van der Waals surface area contributed by atoms with E-state index in [0.29, 0.717) is 0 Å². The molecule has 3 rings (SSSR count). The number of nitrogens with zero attached hydrogens (tertiary/aromatic N) is 1. The Balaban J connectivity index is 2.06. The van der Waals surface area contributed by atoms with E-state index < -0.39 is 0 Å². The van der Waals surface area contributed by atoms with Gasteiger partial charge in [-0.25, -0.2) is 0 Å².